The molecule has 4 rings (SSSR count). The molecule has 2 aromatic heterocycles. The van der Waals surface area contributed by atoms with Gasteiger partial charge in [0, 0.05) is 23.3 Å². The third-order valence-electron chi connectivity index (χ3n) is 5.58. The van der Waals surface area contributed by atoms with Crippen LogP contribution in [0.25, 0.3) is 10.8 Å². The molecule has 1 aliphatic carbocycles. The number of nitrogens with zero attached hydrogens (tertiary/aromatic N) is 2. The van der Waals surface area contributed by atoms with E-state index in [1.165, 1.54) is 0 Å². The monoisotopic (exact) mass is 413 g/mol. The van der Waals surface area contributed by atoms with Crippen LogP contribution in [0, 0.1) is 0 Å². The van der Waals surface area contributed by atoms with Gasteiger partial charge in [-0.25, -0.2) is 9.37 Å². The number of halogens is 2. The molecular weight excluding hydrogens is 393 g/mol. The van der Waals surface area contributed by atoms with Crippen molar-refractivity contribution in [3.05, 3.63) is 71.3 Å². The molecule has 1 aromatic carbocycles. The van der Waals surface area contributed by atoms with Gasteiger partial charge in [0.15, 0.2) is 0 Å². The van der Waals surface area contributed by atoms with E-state index in [-0.39, 0.29) is 36.5 Å². The number of hydrogen-bond acceptors (Lipinski definition) is 4. The van der Waals surface area contributed by atoms with E-state index in [1.54, 1.807) is 24.5 Å². The maximum absolute atomic E-state index is 13.7. The summed E-state index contributed by atoms with van der Waals surface area (Å²) in [6, 6.07) is 11.9. The molecule has 1 aliphatic rings. The number of hydrogen-bond donors (Lipinski definition) is 2. The zero-order valence-corrected chi connectivity index (χ0v) is 16.4. The molecule has 0 saturated heterocycles. The molecule has 0 spiro atoms. The summed E-state index contributed by atoms with van der Waals surface area (Å²) in [5.41, 5.74) is -0.561. The number of aromatic nitrogens is 2. The number of carbonyl (C=O) groups is 1. The second kappa shape index (κ2) is 8.05. The molecular formula is C22H21ClFN3O2. The van der Waals surface area contributed by atoms with Crippen LogP contribution in [0.3, 0.4) is 0 Å². The molecule has 0 aliphatic heterocycles. The van der Waals surface area contributed by atoms with Crippen LogP contribution < -0.4 is 5.32 Å². The van der Waals surface area contributed by atoms with Gasteiger partial charge < -0.3 is 10.4 Å². The zero-order chi connectivity index (χ0) is 20.4. The van der Waals surface area contributed by atoms with Crippen molar-refractivity contribution in [1.82, 2.24) is 15.3 Å². The quantitative estimate of drug-likeness (QED) is 0.622. The summed E-state index contributed by atoms with van der Waals surface area (Å²) in [6.45, 7) is 0. The number of aliphatic hydroxyl groups is 1. The molecule has 0 bridgehead atoms. The van der Waals surface area contributed by atoms with Crippen molar-refractivity contribution < 1.29 is 14.3 Å². The molecule has 3 aromatic rings. The van der Waals surface area contributed by atoms with Gasteiger partial charge in [-0.1, -0.05) is 41.9 Å². The van der Waals surface area contributed by atoms with Gasteiger partial charge in [-0.05, 0) is 43.2 Å². The first-order valence-corrected chi connectivity index (χ1v) is 9.97. The Hall–Kier alpha value is -2.57. The summed E-state index contributed by atoms with van der Waals surface area (Å²) in [6.07, 6.45) is 3.06. The minimum Gasteiger partial charge on any atom is -0.387 e. The van der Waals surface area contributed by atoms with Gasteiger partial charge >= 0.3 is 0 Å². The predicted molar refractivity (Wildman–Crippen MR) is 110 cm³/mol. The lowest BCUT2D eigenvalue weighted by Crippen LogP contribution is -2.48. The second-order valence-electron chi connectivity index (χ2n) is 7.45. The van der Waals surface area contributed by atoms with Gasteiger partial charge in [-0.3, -0.25) is 9.78 Å². The Morgan fingerprint density at radius 3 is 2.66 bits per heavy atom. The van der Waals surface area contributed by atoms with Gasteiger partial charge in [-0.2, -0.15) is 0 Å². The van der Waals surface area contributed by atoms with Crippen LogP contribution in [-0.2, 0) is 0 Å². The summed E-state index contributed by atoms with van der Waals surface area (Å²) >= 11 is 6.29. The number of alkyl halides is 1. The van der Waals surface area contributed by atoms with Gasteiger partial charge in [0.25, 0.3) is 5.91 Å². The van der Waals surface area contributed by atoms with E-state index in [2.05, 4.69) is 15.3 Å². The minimum atomic E-state index is -1.32. The fourth-order valence-electron chi connectivity index (χ4n) is 3.99. The molecule has 150 valence electrons. The number of nitrogens with one attached hydrogen (secondary N) is 1. The van der Waals surface area contributed by atoms with Gasteiger partial charge in [0.2, 0.25) is 0 Å². The Balaban J connectivity index is 1.72. The van der Waals surface area contributed by atoms with Crippen molar-refractivity contribution in [2.24, 2.45) is 0 Å². The number of fused-ring (bicyclic) bond motifs is 1. The normalized spacial score (nSPS) is 22.9. The first-order chi connectivity index (χ1) is 14.0. The summed E-state index contributed by atoms with van der Waals surface area (Å²) in [4.78, 5) is 21.5. The highest BCUT2D eigenvalue weighted by Gasteiger charge is 2.43. The van der Waals surface area contributed by atoms with Crippen LogP contribution in [0.15, 0.2) is 54.9 Å². The lowest BCUT2D eigenvalue weighted by Gasteiger charge is -2.40. The zero-order valence-electron chi connectivity index (χ0n) is 15.7. The molecule has 7 heteroatoms. The van der Waals surface area contributed by atoms with Crippen LogP contribution in [0.4, 0.5) is 4.39 Å². The Morgan fingerprint density at radius 1 is 1.14 bits per heavy atom. The third-order valence-corrected chi connectivity index (χ3v) is 5.90. The highest BCUT2D eigenvalue weighted by Crippen LogP contribution is 2.41. The Morgan fingerprint density at radius 2 is 1.90 bits per heavy atom. The highest BCUT2D eigenvalue weighted by atomic mass is 35.5. The summed E-state index contributed by atoms with van der Waals surface area (Å²) < 4.78 is 13.7. The molecule has 1 atom stereocenters. The van der Waals surface area contributed by atoms with Crippen LogP contribution in [0.2, 0.25) is 5.15 Å². The molecule has 5 nitrogen and oxygen atoms in total. The van der Waals surface area contributed by atoms with Crippen molar-refractivity contribution in [1.29, 1.82) is 0 Å². The van der Waals surface area contributed by atoms with E-state index >= 15 is 0 Å². The number of benzene rings is 1. The summed E-state index contributed by atoms with van der Waals surface area (Å²) in [5, 5.41) is 16.1. The van der Waals surface area contributed by atoms with Gasteiger partial charge in [0.1, 0.15) is 17.0 Å². The number of rotatable bonds is 4. The molecule has 1 saturated carbocycles. The SMILES string of the molecule is O=C(NC(c1cccnc1Cl)[C@]1(O)CC[C@@H](F)CC1)c1nccc2ccccc12. The predicted octanol–water partition coefficient (Wildman–Crippen LogP) is 4.40. The topological polar surface area (TPSA) is 75.1 Å². The van der Waals surface area contributed by atoms with Crippen LogP contribution in [0.5, 0.6) is 0 Å². The molecule has 2 N–H and O–H groups in total. The van der Waals surface area contributed by atoms with Crippen LogP contribution in [-0.4, -0.2) is 32.8 Å². The Kier molecular flexibility index (Phi) is 5.48. The molecule has 1 amide bonds. The molecule has 2 heterocycles. The fraction of sp³-hybridized carbons (Fsp3) is 0.318. The fourth-order valence-corrected chi connectivity index (χ4v) is 4.21. The molecule has 1 unspecified atom stereocenters. The maximum Gasteiger partial charge on any atom is 0.271 e. The van der Waals surface area contributed by atoms with E-state index in [0.29, 0.717) is 10.9 Å². The van der Waals surface area contributed by atoms with E-state index < -0.39 is 23.7 Å². The van der Waals surface area contributed by atoms with Crippen LogP contribution >= 0.6 is 11.6 Å². The first kappa shape index (κ1) is 19.7. The van der Waals surface area contributed by atoms with Crippen LogP contribution in [0.1, 0.15) is 47.8 Å². The van der Waals surface area contributed by atoms with E-state index in [0.717, 1.165) is 5.39 Å². The smallest absolute Gasteiger partial charge is 0.271 e. The molecule has 29 heavy (non-hydrogen) atoms. The van der Waals surface area contributed by atoms with Crippen molar-refractivity contribution in [3.63, 3.8) is 0 Å². The van der Waals surface area contributed by atoms with Crippen molar-refractivity contribution in [2.45, 2.75) is 43.5 Å². The lowest BCUT2D eigenvalue weighted by molar-refractivity contribution is -0.0446. The van der Waals surface area contributed by atoms with Crippen molar-refractivity contribution >= 4 is 28.3 Å². The number of pyridine rings is 2. The Labute approximate surface area is 172 Å². The second-order valence-corrected chi connectivity index (χ2v) is 7.81. The summed E-state index contributed by atoms with van der Waals surface area (Å²) in [7, 11) is 0. The van der Waals surface area contributed by atoms with Crippen molar-refractivity contribution in [3.8, 4) is 0 Å². The minimum absolute atomic E-state index is 0.194. The molecule has 1 fully saturated rings. The lowest BCUT2D eigenvalue weighted by atomic mass is 9.76. The van der Waals surface area contributed by atoms with Gasteiger partial charge in [-0.15, -0.1) is 0 Å². The van der Waals surface area contributed by atoms with Gasteiger partial charge in [0.05, 0.1) is 11.6 Å². The number of carbonyl (C=O) groups excluding carboxylic acids is 1. The van der Waals surface area contributed by atoms with Crippen molar-refractivity contribution in [2.75, 3.05) is 0 Å². The van der Waals surface area contributed by atoms with E-state index in [1.807, 2.05) is 30.3 Å². The molecule has 0 radical (unpaired) electrons. The number of amides is 1. The maximum atomic E-state index is 13.7. The Bertz CT molecular complexity index is 1030. The average Bonchev–Trinajstić information content (AvgIpc) is 2.74. The highest BCUT2D eigenvalue weighted by molar-refractivity contribution is 6.30. The first-order valence-electron chi connectivity index (χ1n) is 9.59. The third kappa shape index (κ3) is 3.95. The largest absolute Gasteiger partial charge is 0.387 e. The summed E-state index contributed by atoms with van der Waals surface area (Å²) in [5.74, 6) is -0.428. The standard InChI is InChI=1S/C22H21ClFN3O2/c23-20-17(6-3-12-26-20)19(22(29)10-7-15(24)8-11-22)27-21(28)18-16-5-2-1-4-14(16)9-13-25-18/h1-6,9,12-13,15,19,29H,7-8,10-11H2,(H,27,28)/t15-,19?,22+. The van der Waals surface area contributed by atoms with E-state index in [9.17, 15) is 14.3 Å². The average molecular weight is 414 g/mol. The van der Waals surface area contributed by atoms with E-state index in [4.69, 9.17) is 11.6 Å².